The number of nitrogens with one attached hydrogen (secondary N) is 1. The summed E-state index contributed by atoms with van der Waals surface area (Å²) < 4.78 is 2.68. The standard InChI is InChI=1S/C13H14BrCl2N3/c1-2-3-6-17-13-18-7-8-19(13)10-5-4-9(14)11(15)12(10)16/h4-5,7-8H,2-3,6H2,1H3,(H,17,18). The molecule has 3 nitrogen and oxygen atoms in total. The second-order valence-corrected chi connectivity index (χ2v) is 5.71. The molecule has 2 rings (SSSR count). The molecule has 2 aromatic rings. The predicted octanol–water partition coefficient (Wildman–Crippen LogP) is 5.15. The first kappa shape index (κ1) is 14.7. The van der Waals surface area contributed by atoms with E-state index in [0.29, 0.717) is 10.0 Å². The molecule has 1 N–H and O–H groups in total. The summed E-state index contributed by atoms with van der Waals surface area (Å²) in [4.78, 5) is 4.30. The van der Waals surface area contributed by atoms with Crippen LogP contribution in [0.5, 0.6) is 0 Å². The summed E-state index contributed by atoms with van der Waals surface area (Å²) in [6.07, 6.45) is 5.83. The van der Waals surface area contributed by atoms with Crippen molar-refractivity contribution in [2.24, 2.45) is 0 Å². The van der Waals surface area contributed by atoms with E-state index < -0.39 is 0 Å². The molecule has 0 bridgehead atoms. The van der Waals surface area contributed by atoms with Crippen molar-refractivity contribution < 1.29 is 0 Å². The highest BCUT2D eigenvalue weighted by Gasteiger charge is 2.12. The predicted molar refractivity (Wildman–Crippen MR) is 84.7 cm³/mol. The van der Waals surface area contributed by atoms with Gasteiger partial charge in [-0.1, -0.05) is 36.5 Å². The van der Waals surface area contributed by atoms with Crippen LogP contribution in [0.4, 0.5) is 5.95 Å². The molecule has 0 saturated carbocycles. The minimum absolute atomic E-state index is 0.507. The molecule has 0 radical (unpaired) electrons. The molecule has 102 valence electrons. The third-order valence-corrected chi connectivity index (χ3v) is 4.49. The van der Waals surface area contributed by atoms with Gasteiger partial charge in [0.05, 0.1) is 15.7 Å². The van der Waals surface area contributed by atoms with Gasteiger partial charge in [0, 0.05) is 23.4 Å². The van der Waals surface area contributed by atoms with Crippen molar-refractivity contribution in [1.29, 1.82) is 0 Å². The molecule has 19 heavy (non-hydrogen) atoms. The van der Waals surface area contributed by atoms with Crippen LogP contribution in [0.3, 0.4) is 0 Å². The molecule has 1 aromatic heterocycles. The summed E-state index contributed by atoms with van der Waals surface area (Å²) >= 11 is 15.8. The lowest BCUT2D eigenvalue weighted by atomic mass is 10.3. The monoisotopic (exact) mass is 361 g/mol. The fourth-order valence-corrected chi connectivity index (χ4v) is 2.57. The van der Waals surface area contributed by atoms with E-state index in [0.717, 1.165) is 35.5 Å². The van der Waals surface area contributed by atoms with E-state index in [9.17, 15) is 0 Å². The number of unbranched alkanes of at least 4 members (excludes halogenated alkanes) is 1. The Hall–Kier alpha value is -0.710. The van der Waals surface area contributed by atoms with Crippen molar-refractivity contribution in [2.45, 2.75) is 19.8 Å². The average Bonchev–Trinajstić information content (AvgIpc) is 2.85. The number of aromatic nitrogens is 2. The van der Waals surface area contributed by atoms with E-state index in [1.807, 2.05) is 22.9 Å². The van der Waals surface area contributed by atoms with Crippen LogP contribution < -0.4 is 5.32 Å². The third kappa shape index (κ3) is 3.25. The molecule has 0 saturated heterocycles. The zero-order chi connectivity index (χ0) is 13.8. The molecule has 0 aliphatic carbocycles. The molecule has 1 aromatic carbocycles. The Morgan fingerprint density at radius 3 is 2.84 bits per heavy atom. The van der Waals surface area contributed by atoms with E-state index in [2.05, 4.69) is 33.2 Å². The highest BCUT2D eigenvalue weighted by molar-refractivity contribution is 9.10. The number of imidazole rings is 1. The Morgan fingerprint density at radius 2 is 2.11 bits per heavy atom. The fourth-order valence-electron chi connectivity index (χ4n) is 1.71. The Kier molecular flexibility index (Phi) is 5.13. The van der Waals surface area contributed by atoms with Crippen LogP contribution in [0.2, 0.25) is 10.0 Å². The van der Waals surface area contributed by atoms with Crippen molar-refractivity contribution in [2.75, 3.05) is 11.9 Å². The smallest absolute Gasteiger partial charge is 0.207 e. The molecule has 0 unspecified atom stereocenters. The Balaban J connectivity index is 2.32. The number of anilines is 1. The Labute approximate surface area is 131 Å². The van der Waals surface area contributed by atoms with Crippen molar-refractivity contribution >= 4 is 45.1 Å². The van der Waals surface area contributed by atoms with E-state index in [4.69, 9.17) is 23.2 Å². The van der Waals surface area contributed by atoms with Crippen LogP contribution in [0.1, 0.15) is 19.8 Å². The lowest BCUT2D eigenvalue weighted by molar-refractivity contribution is 0.823. The molecule has 0 atom stereocenters. The van der Waals surface area contributed by atoms with E-state index in [-0.39, 0.29) is 0 Å². The van der Waals surface area contributed by atoms with Crippen molar-refractivity contribution in [3.63, 3.8) is 0 Å². The van der Waals surface area contributed by atoms with Gasteiger partial charge in [-0.3, -0.25) is 4.57 Å². The van der Waals surface area contributed by atoms with Gasteiger partial charge in [-0.25, -0.2) is 4.98 Å². The van der Waals surface area contributed by atoms with Gasteiger partial charge in [-0.05, 0) is 34.5 Å². The number of hydrogen-bond acceptors (Lipinski definition) is 2. The van der Waals surface area contributed by atoms with Crippen LogP contribution in [-0.2, 0) is 0 Å². The van der Waals surface area contributed by atoms with Crippen LogP contribution in [0.25, 0.3) is 5.69 Å². The molecular weight excluding hydrogens is 349 g/mol. The number of benzene rings is 1. The summed E-state index contributed by atoms with van der Waals surface area (Å²) in [5.74, 6) is 0.772. The maximum atomic E-state index is 6.28. The number of hydrogen-bond donors (Lipinski definition) is 1. The van der Waals surface area contributed by atoms with Gasteiger partial charge >= 0.3 is 0 Å². The van der Waals surface area contributed by atoms with Gasteiger partial charge in [0.2, 0.25) is 5.95 Å². The van der Waals surface area contributed by atoms with Crippen molar-refractivity contribution in [1.82, 2.24) is 9.55 Å². The maximum Gasteiger partial charge on any atom is 0.207 e. The summed E-state index contributed by atoms with van der Waals surface area (Å²) in [5, 5.41) is 4.31. The molecule has 0 amide bonds. The number of nitrogens with zero attached hydrogens (tertiary/aromatic N) is 2. The van der Waals surface area contributed by atoms with Gasteiger partial charge in [0.1, 0.15) is 0 Å². The zero-order valence-corrected chi connectivity index (χ0v) is 13.6. The largest absolute Gasteiger partial charge is 0.355 e. The lowest BCUT2D eigenvalue weighted by Gasteiger charge is -2.12. The number of halogens is 3. The topological polar surface area (TPSA) is 29.9 Å². The molecule has 0 aliphatic heterocycles. The third-order valence-electron chi connectivity index (χ3n) is 2.73. The van der Waals surface area contributed by atoms with Gasteiger partial charge in [-0.2, -0.15) is 0 Å². The summed E-state index contributed by atoms with van der Waals surface area (Å²) in [6, 6.07) is 3.78. The maximum absolute atomic E-state index is 6.28. The quantitative estimate of drug-likeness (QED) is 0.588. The number of rotatable bonds is 5. The van der Waals surface area contributed by atoms with E-state index in [1.54, 1.807) is 6.20 Å². The molecular formula is C13H14BrCl2N3. The van der Waals surface area contributed by atoms with E-state index >= 15 is 0 Å². The van der Waals surface area contributed by atoms with Crippen molar-refractivity contribution in [3.05, 3.63) is 39.0 Å². The second-order valence-electron chi connectivity index (χ2n) is 4.10. The SMILES string of the molecule is CCCCNc1nccn1-c1ccc(Br)c(Cl)c1Cl. The first-order valence-electron chi connectivity index (χ1n) is 6.06. The van der Waals surface area contributed by atoms with E-state index in [1.165, 1.54) is 0 Å². The average molecular weight is 363 g/mol. The fraction of sp³-hybridized carbons (Fsp3) is 0.308. The molecule has 0 spiro atoms. The molecule has 0 aliphatic rings. The van der Waals surface area contributed by atoms with Crippen LogP contribution in [-0.4, -0.2) is 16.1 Å². The summed E-state index contributed by atoms with van der Waals surface area (Å²) in [5.41, 5.74) is 0.811. The van der Waals surface area contributed by atoms with Gasteiger partial charge in [-0.15, -0.1) is 0 Å². The first-order valence-corrected chi connectivity index (χ1v) is 7.61. The Bertz CT molecular complexity index is 569. The first-order chi connectivity index (χ1) is 9.15. The lowest BCUT2D eigenvalue weighted by Crippen LogP contribution is -2.07. The molecule has 6 heteroatoms. The van der Waals surface area contributed by atoms with Crippen molar-refractivity contribution in [3.8, 4) is 5.69 Å². The highest BCUT2D eigenvalue weighted by Crippen LogP contribution is 2.35. The minimum atomic E-state index is 0.507. The highest BCUT2D eigenvalue weighted by atomic mass is 79.9. The summed E-state index contributed by atoms with van der Waals surface area (Å²) in [7, 11) is 0. The molecule has 1 heterocycles. The summed E-state index contributed by atoms with van der Waals surface area (Å²) in [6.45, 7) is 3.04. The molecule has 0 fully saturated rings. The van der Waals surface area contributed by atoms with Crippen LogP contribution in [0.15, 0.2) is 29.0 Å². The zero-order valence-electron chi connectivity index (χ0n) is 10.5. The normalized spacial score (nSPS) is 10.7. The second kappa shape index (κ2) is 6.64. The van der Waals surface area contributed by atoms with Crippen LogP contribution >= 0.6 is 39.1 Å². The van der Waals surface area contributed by atoms with Gasteiger partial charge in [0.15, 0.2) is 0 Å². The van der Waals surface area contributed by atoms with Gasteiger partial charge < -0.3 is 5.32 Å². The van der Waals surface area contributed by atoms with Crippen LogP contribution in [0, 0.1) is 0 Å². The Morgan fingerprint density at radius 1 is 1.32 bits per heavy atom. The van der Waals surface area contributed by atoms with Gasteiger partial charge in [0.25, 0.3) is 0 Å². The minimum Gasteiger partial charge on any atom is -0.355 e.